The molecule has 6 atom stereocenters. The molecule has 11 heteroatoms. The highest BCUT2D eigenvalue weighted by molar-refractivity contribution is 5.82. The molecule has 10 rings (SSSR count). The van der Waals surface area contributed by atoms with Gasteiger partial charge in [-0.25, -0.2) is 8.78 Å². The molecule has 0 spiro atoms. The van der Waals surface area contributed by atoms with Crippen molar-refractivity contribution in [2.75, 3.05) is 65.4 Å². The van der Waals surface area contributed by atoms with Crippen molar-refractivity contribution < 1.29 is 23.8 Å². The van der Waals surface area contributed by atoms with Gasteiger partial charge in [-0.05, 0) is 182 Å². The highest BCUT2D eigenvalue weighted by Gasteiger charge is 2.41. The molecule has 0 amide bonds. The van der Waals surface area contributed by atoms with Crippen LogP contribution in [0.5, 0.6) is 11.5 Å². The van der Waals surface area contributed by atoms with Crippen molar-refractivity contribution in [3.63, 3.8) is 0 Å². The number of phenolic OH excluding ortho intramolecular Hbond substituents is 2. The van der Waals surface area contributed by atoms with Gasteiger partial charge in [0.2, 0.25) is 0 Å². The topological polar surface area (TPSA) is 94.5 Å². The Kier molecular flexibility index (Phi) is 17.0. The summed E-state index contributed by atoms with van der Waals surface area (Å²) in [7, 11) is 0. The van der Waals surface area contributed by atoms with Gasteiger partial charge in [0.1, 0.15) is 23.1 Å². The molecule has 4 N–H and O–H groups in total. The third-order valence-electron chi connectivity index (χ3n) is 18.2. The number of rotatable bonds is 16. The first-order valence-corrected chi connectivity index (χ1v) is 28.8. The monoisotopic (exact) mass is 1060 g/mol. The first-order chi connectivity index (χ1) is 37.5. The molecule has 0 saturated carbocycles. The molecule has 6 aromatic carbocycles. The fourth-order valence-corrected chi connectivity index (χ4v) is 13.5. The molecule has 4 saturated heterocycles. The maximum absolute atomic E-state index is 14.1. The second-order valence-corrected chi connectivity index (χ2v) is 24.3. The summed E-state index contributed by atoms with van der Waals surface area (Å²) in [5.41, 5.74) is 10.2. The molecular weight excluding hydrogens is 975 g/mol. The fourth-order valence-electron chi connectivity index (χ4n) is 13.5. The summed E-state index contributed by atoms with van der Waals surface area (Å²) < 4.78 is 28.2. The van der Waals surface area contributed by atoms with E-state index in [0.29, 0.717) is 38.0 Å². The summed E-state index contributed by atoms with van der Waals surface area (Å²) in [4.78, 5) is 24.0. The van der Waals surface area contributed by atoms with Gasteiger partial charge < -0.3 is 20.8 Å². The average Bonchev–Trinajstić information content (AvgIpc) is 3.55. The summed E-state index contributed by atoms with van der Waals surface area (Å²) in [5, 5.41) is 30.5. The number of nitrogens with one attached hydrogen (secondary N) is 2. The SMILES string of the molecule is C[C@@H]1CN(C(c2ccc(Cc3cccc(F)c3)c(O)c2)c2ccccc2C2(C)CCN(CC(=O)CN3CCC(C)(c4ccccc4C(c4ccc(Cc5cccc(F)c5)c(O)c4)N4C[C@@H](C)NC[C@@H]4C)CC3)CC2)[C@@H](C)CN1. The third kappa shape index (κ3) is 12.5. The van der Waals surface area contributed by atoms with Crippen LogP contribution in [0.3, 0.4) is 0 Å². The normalized spacial score (nSPS) is 23.2. The van der Waals surface area contributed by atoms with E-state index in [9.17, 15) is 23.8 Å². The average molecular weight is 1060 g/mol. The number of piperazine rings is 2. The van der Waals surface area contributed by atoms with Gasteiger partial charge in [-0.15, -0.1) is 0 Å². The first-order valence-electron chi connectivity index (χ1n) is 28.8. The number of ketones is 1. The van der Waals surface area contributed by atoms with Gasteiger partial charge in [0.25, 0.3) is 0 Å². The molecule has 6 aromatic rings. The van der Waals surface area contributed by atoms with Gasteiger partial charge in [-0.2, -0.15) is 0 Å². The van der Waals surface area contributed by atoms with Crippen molar-refractivity contribution in [2.45, 2.75) is 127 Å². The van der Waals surface area contributed by atoms with Crippen molar-refractivity contribution in [1.29, 1.82) is 0 Å². The molecule has 412 valence electrons. The Morgan fingerprint density at radius 1 is 0.551 bits per heavy atom. The summed E-state index contributed by atoms with van der Waals surface area (Å²) >= 11 is 0. The second kappa shape index (κ2) is 23.9. The number of Topliss-reactive ketones (excluding diaryl/α,β-unsaturated/α-hetero) is 1. The Balaban J connectivity index is 0.804. The van der Waals surface area contributed by atoms with Crippen LogP contribution in [0.4, 0.5) is 8.78 Å². The molecule has 0 bridgehead atoms. The van der Waals surface area contributed by atoms with E-state index >= 15 is 0 Å². The first kappa shape index (κ1) is 55.5. The van der Waals surface area contributed by atoms with E-state index in [1.165, 1.54) is 46.5 Å². The summed E-state index contributed by atoms with van der Waals surface area (Å²) in [6.45, 7) is 21.6. The summed E-state index contributed by atoms with van der Waals surface area (Å²) in [6.07, 6.45) is 4.62. The summed E-state index contributed by atoms with van der Waals surface area (Å²) in [6, 6.07) is 44.2. The van der Waals surface area contributed by atoms with E-state index in [0.717, 1.165) is 111 Å². The number of aromatic hydroxyl groups is 2. The Morgan fingerprint density at radius 3 is 1.33 bits per heavy atom. The molecule has 0 aromatic heterocycles. The van der Waals surface area contributed by atoms with E-state index in [-0.39, 0.29) is 63.9 Å². The zero-order valence-electron chi connectivity index (χ0n) is 46.8. The van der Waals surface area contributed by atoms with Gasteiger partial charge >= 0.3 is 0 Å². The van der Waals surface area contributed by atoms with Crippen molar-refractivity contribution in [1.82, 2.24) is 30.2 Å². The molecule has 4 aliphatic rings. The predicted molar refractivity (Wildman–Crippen MR) is 310 cm³/mol. The van der Waals surface area contributed by atoms with Gasteiger partial charge in [0, 0.05) is 63.2 Å². The Labute approximate surface area is 462 Å². The van der Waals surface area contributed by atoms with Crippen LogP contribution in [0.25, 0.3) is 0 Å². The fraction of sp³-hybridized carbons (Fsp3) is 0.448. The molecule has 0 aliphatic carbocycles. The molecule has 4 aliphatic heterocycles. The quantitative estimate of drug-likeness (QED) is 0.0756. The lowest BCUT2D eigenvalue weighted by Gasteiger charge is -2.46. The van der Waals surface area contributed by atoms with E-state index in [1.807, 2.05) is 36.4 Å². The number of hydrogen-bond donors (Lipinski definition) is 4. The lowest BCUT2D eigenvalue weighted by molar-refractivity contribution is -0.122. The largest absolute Gasteiger partial charge is 0.508 e. The van der Waals surface area contributed by atoms with E-state index < -0.39 is 0 Å². The maximum atomic E-state index is 14.1. The second-order valence-electron chi connectivity index (χ2n) is 24.3. The number of hydrogen-bond acceptors (Lipinski definition) is 9. The number of benzene rings is 6. The van der Waals surface area contributed by atoms with E-state index in [4.69, 9.17) is 0 Å². The van der Waals surface area contributed by atoms with Crippen molar-refractivity contribution >= 4 is 5.78 Å². The van der Waals surface area contributed by atoms with Gasteiger partial charge in [0.05, 0.1) is 25.2 Å². The number of phenols is 2. The van der Waals surface area contributed by atoms with Crippen molar-refractivity contribution in [2.24, 2.45) is 0 Å². The van der Waals surface area contributed by atoms with Crippen LogP contribution < -0.4 is 10.6 Å². The number of carbonyl (C=O) groups excluding carboxylic acids is 1. The van der Waals surface area contributed by atoms with Crippen LogP contribution in [0.1, 0.15) is 135 Å². The van der Waals surface area contributed by atoms with Crippen molar-refractivity contribution in [3.8, 4) is 11.5 Å². The smallest absolute Gasteiger partial charge is 0.160 e. The minimum atomic E-state index is -0.279. The van der Waals surface area contributed by atoms with E-state index in [1.54, 1.807) is 12.1 Å². The lowest BCUT2D eigenvalue weighted by atomic mass is 9.71. The zero-order chi connectivity index (χ0) is 54.7. The van der Waals surface area contributed by atoms with Crippen LogP contribution >= 0.6 is 0 Å². The Hall–Kier alpha value is -5.79. The van der Waals surface area contributed by atoms with Crippen molar-refractivity contribution in [3.05, 3.63) is 201 Å². The minimum absolute atomic E-state index is 0.0838. The lowest BCUT2D eigenvalue weighted by Crippen LogP contribution is -2.55. The highest BCUT2D eigenvalue weighted by atomic mass is 19.1. The molecule has 4 heterocycles. The predicted octanol–water partition coefficient (Wildman–Crippen LogP) is 11.1. The number of likely N-dealkylation sites (tertiary alicyclic amines) is 2. The number of nitrogens with zero attached hydrogens (tertiary/aromatic N) is 4. The van der Waals surface area contributed by atoms with Crippen LogP contribution in [0.2, 0.25) is 0 Å². The van der Waals surface area contributed by atoms with Crippen LogP contribution in [-0.4, -0.2) is 125 Å². The molecule has 9 nitrogen and oxygen atoms in total. The number of carbonyl (C=O) groups is 1. The van der Waals surface area contributed by atoms with Gasteiger partial charge in [0.15, 0.2) is 5.78 Å². The maximum Gasteiger partial charge on any atom is 0.160 e. The molecule has 2 unspecified atom stereocenters. The zero-order valence-corrected chi connectivity index (χ0v) is 46.8. The van der Waals surface area contributed by atoms with Gasteiger partial charge in [-0.1, -0.05) is 111 Å². The van der Waals surface area contributed by atoms with E-state index in [2.05, 4.69) is 132 Å². The molecular formula is C67H82F2N6O3. The molecule has 78 heavy (non-hydrogen) atoms. The molecule has 0 radical (unpaired) electrons. The Morgan fingerprint density at radius 2 is 0.949 bits per heavy atom. The highest BCUT2D eigenvalue weighted by Crippen LogP contribution is 2.46. The summed E-state index contributed by atoms with van der Waals surface area (Å²) in [5.74, 6) is 0.166. The third-order valence-corrected chi connectivity index (χ3v) is 18.2. The molecule has 4 fully saturated rings. The van der Waals surface area contributed by atoms with Crippen LogP contribution in [-0.2, 0) is 28.5 Å². The number of halogens is 2. The van der Waals surface area contributed by atoms with Crippen LogP contribution in [0, 0.1) is 11.6 Å². The minimum Gasteiger partial charge on any atom is -0.508 e. The standard InChI is InChI=1S/C67H82F2N6O3/c1-45-41-74(47(3)39-70-45)64(53-23-21-51(62(77)37-53)33-49-13-11-15-55(68)35-49)58-17-7-9-19-60(58)66(5)25-29-72(30-26-66)43-57(76)44-73-31-27-67(6,28-32-73)61-20-10-8-18-59(61)65(75-42-46(2)71-40-48(75)4)54-24-22-52(63(78)38-54)34-50-14-12-16-56(69)36-50/h7-24,35-38,45-48,64-65,70-71,77-78H,25-34,39-44H2,1-6H3/t45-,46-,47+,48+,64?,65?/m1/s1. The van der Waals surface area contributed by atoms with Gasteiger partial charge in [-0.3, -0.25) is 24.4 Å². The Bertz CT molecular complexity index is 2840. The number of piperidine rings is 2. The van der Waals surface area contributed by atoms with Crippen LogP contribution in [0.15, 0.2) is 133 Å².